The monoisotopic (exact) mass is 596 g/mol. The highest BCUT2D eigenvalue weighted by molar-refractivity contribution is 7.28. The zero-order chi connectivity index (χ0) is 28.8. The minimum absolute atomic E-state index is 1.18. The van der Waals surface area contributed by atoms with E-state index in [1.54, 1.807) is 0 Å². The van der Waals surface area contributed by atoms with Gasteiger partial charge in [-0.3, -0.25) is 4.57 Å². The lowest BCUT2D eigenvalue weighted by Crippen LogP contribution is -1.93. The maximum Gasteiger partial charge on any atom is 0.110 e. The molecule has 4 aromatic heterocycles. The first-order valence-electron chi connectivity index (χ1n) is 14.9. The van der Waals surface area contributed by atoms with Gasteiger partial charge in [-0.1, -0.05) is 91.0 Å². The summed E-state index contributed by atoms with van der Waals surface area (Å²) in [6, 6.07) is 53.1. The van der Waals surface area contributed by atoms with Crippen LogP contribution in [0.25, 0.3) is 84.9 Å². The molecule has 0 amide bonds. The van der Waals surface area contributed by atoms with Crippen molar-refractivity contribution in [2.75, 3.05) is 0 Å². The molecule has 10 aromatic rings. The second-order valence-corrected chi connectivity index (χ2v) is 13.4. The van der Waals surface area contributed by atoms with Gasteiger partial charge < -0.3 is 4.57 Å². The van der Waals surface area contributed by atoms with E-state index >= 15 is 0 Å². The molecule has 44 heavy (non-hydrogen) atoms. The minimum Gasteiger partial charge on any atom is -0.309 e. The van der Waals surface area contributed by atoms with Gasteiger partial charge in [-0.2, -0.15) is 0 Å². The Morgan fingerprint density at radius 3 is 1.66 bits per heavy atom. The number of para-hydroxylation sites is 2. The molecule has 0 N–H and O–H groups in total. The van der Waals surface area contributed by atoms with Crippen molar-refractivity contribution < 1.29 is 0 Å². The average Bonchev–Trinajstić information content (AvgIpc) is 3.81. The van der Waals surface area contributed by atoms with Crippen molar-refractivity contribution in [3.63, 3.8) is 0 Å². The number of benzene rings is 6. The highest BCUT2D eigenvalue weighted by atomic mass is 32.1. The van der Waals surface area contributed by atoms with E-state index in [2.05, 4.69) is 155 Å². The Bertz CT molecular complexity index is 2630. The van der Waals surface area contributed by atoms with Crippen LogP contribution in [0.4, 0.5) is 0 Å². The standard InChI is InChI=1S/C40H24N2S2/c1-2-12-27(13-3-1)41-33-18-7-4-15-29(33)32-24-26(21-22-34(32)41)25-11-10-14-28(23-25)42-39-37(30-16-5-8-19-35(30)43-39)38-31-17-6-9-20-36(31)44-40(38)42/h1-24H. The maximum atomic E-state index is 2.50. The van der Waals surface area contributed by atoms with E-state index in [9.17, 15) is 0 Å². The van der Waals surface area contributed by atoms with Crippen molar-refractivity contribution in [1.29, 1.82) is 0 Å². The second kappa shape index (κ2) is 9.17. The van der Waals surface area contributed by atoms with Gasteiger partial charge in [0, 0.05) is 53.1 Å². The van der Waals surface area contributed by atoms with Gasteiger partial charge in [0.05, 0.1) is 11.0 Å². The Morgan fingerprint density at radius 1 is 0.364 bits per heavy atom. The lowest BCUT2D eigenvalue weighted by atomic mass is 10.0. The summed E-state index contributed by atoms with van der Waals surface area (Å²) in [5.41, 5.74) is 7.28. The molecule has 0 unspecified atom stereocenters. The number of hydrogen-bond donors (Lipinski definition) is 0. The molecule has 0 aliphatic carbocycles. The molecule has 4 heterocycles. The largest absolute Gasteiger partial charge is 0.309 e. The highest BCUT2D eigenvalue weighted by Gasteiger charge is 2.22. The average molecular weight is 597 g/mol. The molecular weight excluding hydrogens is 573 g/mol. The maximum absolute atomic E-state index is 2.50. The summed E-state index contributed by atoms with van der Waals surface area (Å²) >= 11 is 3.79. The Balaban J connectivity index is 1.21. The molecule has 0 aliphatic rings. The number of rotatable bonds is 3. The summed E-state index contributed by atoms with van der Waals surface area (Å²) < 4.78 is 7.55. The third-order valence-corrected chi connectivity index (χ3v) is 11.2. The normalized spacial score (nSPS) is 12.1. The summed E-state index contributed by atoms with van der Waals surface area (Å²) in [4.78, 5) is 2.63. The molecule has 2 nitrogen and oxygen atoms in total. The molecule has 0 aliphatic heterocycles. The molecule has 0 atom stereocenters. The Kier molecular flexibility index (Phi) is 5.06. The van der Waals surface area contributed by atoms with Crippen LogP contribution in [0, 0.1) is 0 Å². The first kappa shape index (κ1) is 24.3. The van der Waals surface area contributed by atoms with Gasteiger partial charge in [0.25, 0.3) is 0 Å². The van der Waals surface area contributed by atoms with E-state index in [0.717, 1.165) is 0 Å². The summed E-state index contributed by atoms with van der Waals surface area (Å²) in [7, 11) is 0. The van der Waals surface area contributed by atoms with Crippen molar-refractivity contribution in [3.05, 3.63) is 146 Å². The van der Waals surface area contributed by atoms with Crippen LogP contribution in [0.1, 0.15) is 0 Å². The van der Waals surface area contributed by atoms with Crippen LogP contribution in [0.15, 0.2) is 146 Å². The van der Waals surface area contributed by atoms with Gasteiger partial charge >= 0.3 is 0 Å². The van der Waals surface area contributed by atoms with Crippen molar-refractivity contribution >= 4 is 85.1 Å². The third kappa shape index (κ3) is 3.35. The molecule has 10 rings (SSSR count). The van der Waals surface area contributed by atoms with Crippen molar-refractivity contribution in [1.82, 2.24) is 9.13 Å². The van der Waals surface area contributed by atoms with E-state index in [1.807, 2.05) is 22.7 Å². The topological polar surface area (TPSA) is 9.86 Å². The lowest BCUT2D eigenvalue weighted by Gasteiger charge is -2.10. The van der Waals surface area contributed by atoms with Crippen LogP contribution >= 0.6 is 22.7 Å². The van der Waals surface area contributed by atoms with Crippen molar-refractivity contribution in [2.45, 2.75) is 0 Å². The molecule has 0 spiro atoms. The zero-order valence-electron chi connectivity index (χ0n) is 23.6. The number of hydrogen-bond acceptors (Lipinski definition) is 2. The van der Waals surface area contributed by atoms with E-state index in [1.165, 1.54) is 84.9 Å². The first-order chi connectivity index (χ1) is 21.8. The highest BCUT2D eigenvalue weighted by Crippen LogP contribution is 2.48. The number of thiophene rings is 2. The summed E-state index contributed by atoms with van der Waals surface area (Å²) in [5.74, 6) is 0. The fourth-order valence-electron chi connectivity index (χ4n) is 7.02. The quantitative estimate of drug-likeness (QED) is 0.192. The second-order valence-electron chi connectivity index (χ2n) is 11.4. The van der Waals surface area contributed by atoms with Gasteiger partial charge in [0.1, 0.15) is 9.66 Å². The number of nitrogens with zero attached hydrogens (tertiary/aromatic N) is 2. The van der Waals surface area contributed by atoms with Crippen LogP contribution in [-0.2, 0) is 0 Å². The SMILES string of the molecule is c1ccc(-n2c3ccccc3c3cc(-c4cccc(-n5c6sc7ccccc7c6c6c7ccccc7sc65)c4)ccc32)cc1. The van der Waals surface area contributed by atoms with Crippen LogP contribution in [0.5, 0.6) is 0 Å². The number of aromatic nitrogens is 2. The summed E-state index contributed by atoms with van der Waals surface area (Å²) in [6.45, 7) is 0. The molecule has 4 heteroatoms. The molecule has 206 valence electrons. The van der Waals surface area contributed by atoms with E-state index in [-0.39, 0.29) is 0 Å². The van der Waals surface area contributed by atoms with Crippen LogP contribution in [0.2, 0.25) is 0 Å². The minimum atomic E-state index is 1.18. The van der Waals surface area contributed by atoms with Gasteiger partial charge in [-0.05, 0) is 65.7 Å². The zero-order valence-corrected chi connectivity index (χ0v) is 25.2. The Morgan fingerprint density at radius 2 is 0.932 bits per heavy atom. The molecule has 0 bridgehead atoms. The molecule has 0 radical (unpaired) electrons. The van der Waals surface area contributed by atoms with Crippen LogP contribution < -0.4 is 0 Å². The van der Waals surface area contributed by atoms with Crippen molar-refractivity contribution in [3.8, 4) is 22.5 Å². The number of fused-ring (bicyclic) bond motifs is 10. The van der Waals surface area contributed by atoms with E-state index < -0.39 is 0 Å². The molecule has 0 saturated heterocycles. The third-order valence-electron chi connectivity index (χ3n) is 8.93. The molecular formula is C40H24N2S2. The van der Waals surface area contributed by atoms with Gasteiger partial charge in [-0.25, -0.2) is 0 Å². The van der Waals surface area contributed by atoms with Crippen LogP contribution in [-0.4, -0.2) is 9.13 Å². The van der Waals surface area contributed by atoms with Gasteiger partial charge in [0.2, 0.25) is 0 Å². The predicted molar refractivity (Wildman–Crippen MR) is 191 cm³/mol. The molecule has 0 saturated carbocycles. The fraction of sp³-hybridized carbons (Fsp3) is 0. The van der Waals surface area contributed by atoms with E-state index in [0.29, 0.717) is 0 Å². The summed E-state index contributed by atoms with van der Waals surface area (Å²) in [6.07, 6.45) is 0. The van der Waals surface area contributed by atoms with Gasteiger partial charge in [0.15, 0.2) is 0 Å². The van der Waals surface area contributed by atoms with E-state index in [4.69, 9.17) is 0 Å². The fourth-order valence-corrected chi connectivity index (χ4v) is 9.55. The Hall–Kier alpha value is -5.16. The molecule has 0 fully saturated rings. The molecule has 6 aromatic carbocycles. The smallest absolute Gasteiger partial charge is 0.110 e. The van der Waals surface area contributed by atoms with Crippen LogP contribution in [0.3, 0.4) is 0 Å². The first-order valence-corrected chi connectivity index (χ1v) is 16.5. The van der Waals surface area contributed by atoms with Crippen molar-refractivity contribution in [2.24, 2.45) is 0 Å². The lowest BCUT2D eigenvalue weighted by molar-refractivity contribution is 1.18. The summed E-state index contributed by atoms with van der Waals surface area (Å²) in [5, 5.41) is 7.98. The Labute approximate surface area is 261 Å². The van der Waals surface area contributed by atoms with Gasteiger partial charge in [-0.15, -0.1) is 22.7 Å². The predicted octanol–water partition coefficient (Wildman–Crippen LogP) is 12.0.